The molecular weight excluding hydrogens is 394 g/mol. The maximum atomic E-state index is 12.8. The highest BCUT2D eigenvalue weighted by Crippen LogP contribution is 2.37. The Balaban J connectivity index is 1.47. The van der Waals surface area contributed by atoms with Crippen molar-refractivity contribution in [1.29, 1.82) is 0 Å². The van der Waals surface area contributed by atoms with Gasteiger partial charge in [0.25, 0.3) is 0 Å². The van der Waals surface area contributed by atoms with Crippen LogP contribution >= 0.6 is 0 Å². The zero-order valence-electron chi connectivity index (χ0n) is 17.8. The number of nitrogens with two attached hydrogens (primary N) is 1. The van der Waals surface area contributed by atoms with E-state index in [-0.39, 0.29) is 24.3 Å². The molecule has 1 saturated heterocycles. The SMILES string of the molecule is COc1ccc([C@@H]2CC(=O)N(C(=O)Nc3ccccc3CN)C2)cc1OC1CCCC1. The highest BCUT2D eigenvalue weighted by atomic mass is 16.5. The van der Waals surface area contributed by atoms with E-state index in [2.05, 4.69) is 5.32 Å². The number of hydrogen-bond donors (Lipinski definition) is 2. The fraction of sp³-hybridized carbons (Fsp3) is 0.417. The van der Waals surface area contributed by atoms with Crippen molar-refractivity contribution in [2.45, 2.75) is 50.7 Å². The average Bonchev–Trinajstić information content (AvgIpc) is 3.43. The van der Waals surface area contributed by atoms with Crippen LogP contribution in [0.5, 0.6) is 11.5 Å². The molecule has 1 aliphatic carbocycles. The van der Waals surface area contributed by atoms with Crippen LogP contribution in [0.4, 0.5) is 10.5 Å². The summed E-state index contributed by atoms with van der Waals surface area (Å²) in [6.45, 7) is 0.632. The van der Waals surface area contributed by atoms with Crippen molar-refractivity contribution in [3.63, 3.8) is 0 Å². The summed E-state index contributed by atoms with van der Waals surface area (Å²) in [6, 6.07) is 12.7. The Morgan fingerprint density at radius 1 is 1.16 bits per heavy atom. The second kappa shape index (κ2) is 9.39. The van der Waals surface area contributed by atoms with E-state index >= 15 is 0 Å². The lowest BCUT2D eigenvalue weighted by Crippen LogP contribution is -2.36. The number of carbonyl (C=O) groups excluding carboxylic acids is 2. The van der Waals surface area contributed by atoms with Gasteiger partial charge >= 0.3 is 6.03 Å². The number of nitrogens with zero attached hydrogens (tertiary/aromatic N) is 1. The summed E-state index contributed by atoms with van der Waals surface area (Å²) in [5.41, 5.74) is 8.17. The first-order chi connectivity index (χ1) is 15.1. The molecule has 0 bridgehead atoms. The van der Waals surface area contributed by atoms with Crippen molar-refractivity contribution < 1.29 is 19.1 Å². The molecule has 7 nitrogen and oxygen atoms in total. The number of para-hydroxylation sites is 1. The van der Waals surface area contributed by atoms with E-state index in [1.807, 2.05) is 36.4 Å². The number of hydrogen-bond acceptors (Lipinski definition) is 5. The maximum absolute atomic E-state index is 12.8. The average molecular weight is 424 g/mol. The molecular formula is C24H29N3O4. The molecule has 2 aliphatic rings. The van der Waals surface area contributed by atoms with Crippen LogP contribution in [0.2, 0.25) is 0 Å². The van der Waals surface area contributed by atoms with Crippen molar-refractivity contribution in [2.75, 3.05) is 19.0 Å². The van der Waals surface area contributed by atoms with Gasteiger partial charge in [-0.2, -0.15) is 0 Å². The molecule has 31 heavy (non-hydrogen) atoms. The van der Waals surface area contributed by atoms with E-state index < -0.39 is 6.03 Å². The number of likely N-dealkylation sites (tertiary alicyclic amines) is 1. The Kier molecular flexibility index (Phi) is 6.42. The molecule has 3 amide bonds. The number of carbonyl (C=O) groups is 2. The molecule has 2 aromatic rings. The van der Waals surface area contributed by atoms with E-state index in [9.17, 15) is 9.59 Å². The molecule has 164 valence electrons. The van der Waals surface area contributed by atoms with Crippen LogP contribution in [0.1, 0.15) is 49.1 Å². The zero-order chi connectivity index (χ0) is 21.8. The van der Waals surface area contributed by atoms with E-state index in [1.54, 1.807) is 13.2 Å². The van der Waals surface area contributed by atoms with Crippen LogP contribution in [-0.2, 0) is 11.3 Å². The third-order valence-electron chi connectivity index (χ3n) is 6.10. The minimum absolute atomic E-state index is 0.0835. The van der Waals surface area contributed by atoms with Gasteiger partial charge in [-0.25, -0.2) is 4.79 Å². The van der Waals surface area contributed by atoms with Crippen molar-refractivity contribution in [3.05, 3.63) is 53.6 Å². The molecule has 0 unspecified atom stereocenters. The molecule has 1 atom stereocenters. The van der Waals surface area contributed by atoms with Crippen molar-refractivity contribution in [1.82, 2.24) is 4.90 Å². The summed E-state index contributed by atoms with van der Waals surface area (Å²) in [5.74, 6) is 1.12. The van der Waals surface area contributed by atoms with Gasteiger partial charge in [-0.1, -0.05) is 24.3 Å². The first-order valence-corrected chi connectivity index (χ1v) is 10.8. The monoisotopic (exact) mass is 423 g/mol. The lowest BCUT2D eigenvalue weighted by atomic mass is 9.98. The number of amides is 3. The minimum atomic E-state index is -0.427. The molecule has 3 N–H and O–H groups in total. The van der Waals surface area contributed by atoms with Crippen LogP contribution in [-0.4, -0.2) is 36.6 Å². The number of urea groups is 1. The van der Waals surface area contributed by atoms with Crippen LogP contribution in [0, 0.1) is 0 Å². The summed E-state index contributed by atoms with van der Waals surface area (Å²) in [6.07, 6.45) is 4.95. The Labute approximate surface area is 182 Å². The molecule has 7 heteroatoms. The van der Waals surface area contributed by atoms with Gasteiger partial charge in [-0.05, 0) is 55.0 Å². The fourth-order valence-corrected chi connectivity index (χ4v) is 4.36. The van der Waals surface area contributed by atoms with Crippen LogP contribution in [0.25, 0.3) is 0 Å². The second-order valence-corrected chi connectivity index (χ2v) is 8.13. The molecule has 2 aromatic carbocycles. The summed E-state index contributed by atoms with van der Waals surface area (Å²) in [7, 11) is 1.63. The topological polar surface area (TPSA) is 93.9 Å². The Hall–Kier alpha value is -3.06. The summed E-state index contributed by atoms with van der Waals surface area (Å²) >= 11 is 0. The molecule has 0 radical (unpaired) electrons. The van der Waals surface area contributed by atoms with Gasteiger partial charge in [0.2, 0.25) is 5.91 Å². The molecule has 0 aromatic heterocycles. The van der Waals surface area contributed by atoms with Crippen molar-refractivity contribution in [2.24, 2.45) is 5.73 Å². The van der Waals surface area contributed by atoms with E-state index in [4.69, 9.17) is 15.2 Å². The highest BCUT2D eigenvalue weighted by molar-refractivity contribution is 6.03. The molecule has 1 heterocycles. The van der Waals surface area contributed by atoms with Gasteiger partial charge in [0.05, 0.1) is 13.2 Å². The fourth-order valence-electron chi connectivity index (χ4n) is 4.36. The van der Waals surface area contributed by atoms with Crippen molar-refractivity contribution >= 4 is 17.6 Å². The number of ether oxygens (including phenoxy) is 2. The van der Waals surface area contributed by atoms with Crippen LogP contribution in [0.3, 0.4) is 0 Å². The molecule has 1 saturated carbocycles. The molecule has 1 aliphatic heterocycles. The predicted octanol–water partition coefficient (Wildman–Crippen LogP) is 4.02. The standard InChI is InChI=1S/C24H29N3O4/c1-30-21-11-10-16(12-22(21)31-19-7-3-4-8-19)18-13-23(28)27(15-18)24(29)26-20-9-5-2-6-17(20)14-25/h2,5-6,9-12,18-19H,3-4,7-8,13-15,25H2,1H3,(H,26,29)/t18-/m1/s1. The van der Waals surface area contributed by atoms with Crippen molar-refractivity contribution in [3.8, 4) is 11.5 Å². The largest absolute Gasteiger partial charge is 0.493 e. The number of imide groups is 1. The van der Waals surface area contributed by atoms with Gasteiger partial charge in [-0.3, -0.25) is 9.69 Å². The zero-order valence-corrected chi connectivity index (χ0v) is 17.8. The summed E-state index contributed by atoms with van der Waals surface area (Å²) in [4.78, 5) is 26.7. The number of methoxy groups -OCH3 is 1. The first kappa shape index (κ1) is 21.2. The Morgan fingerprint density at radius 2 is 1.94 bits per heavy atom. The predicted molar refractivity (Wildman–Crippen MR) is 118 cm³/mol. The van der Waals surface area contributed by atoms with Crippen LogP contribution in [0.15, 0.2) is 42.5 Å². The highest BCUT2D eigenvalue weighted by Gasteiger charge is 2.35. The lowest BCUT2D eigenvalue weighted by molar-refractivity contribution is -0.125. The molecule has 0 spiro atoms. The first-order valence-electron chi connectivity index (χ1n) is 10.8. The molecule has 4 rings (SSSR count). The number of benzene rings is 2. The number of nitrogens with one attached hydrogen (secondary N) is 1. The minimum Gasteiger partial charge on any atom is -0.493 e. The summed E-state index contributed by atoms with van der Waals surface area (Å²) < 4.78 is 11.7. The number of anilines is 1. The third-order valence-corrected chi connectivity index (χ3v) is 6.10. The van der Waals surface area contributed by atoms with E-state index in [0.29, 0.717) is 30.3 Å². The maximum Gasteiger partial charge on any atom is 0.328 e. The van der Waals surface area contributed by atoms with Gasteiger partial charge in [0.15, 0.2) is 11.5 Å². The molecule has 2 fully saturated rings. The third kappa shape index (κ3) is 4.66. The Bertz CT molecular complexity index is 956. The quantitative estimate of drug-likeness (QED) is 0.732. The van der Waals surface area contributed by atoms with E-state index in [1.165, 1.54) is 17.7 Å². The van der Waals surface area contributed by atoms with Gasteiger partial charge in [0.1, 0.15) is 0 Å². The second-order valence-electron chi connectivity index (χ2n) is 8.13. The Morgan fingerprint density at radius 3 is 2.68 bits per heavy atom. The van der Waals surface area contributed by atoms with Gasteiger partial charge < -0.3 is 20.5 Å². The van der Waals surface area contributed by atoms with Gasteiger partial charge in [0, 0.05) is 31.1 Å². The number of rotatable bonds is 6. The van der Waals surface area contributed by atoms with Gasteiger partial charge in [-0.15, -0.1) is 0 Å². The normalized spacial score (nSPS) is 19.0. The van der Waals surface area contributed by atoms with Crippen LogP contribution < -0.4 is 20.5 Å². The van der Waals surface area contributed by atoms with E-state index in [0.717, 1.165) is 24.0 Å². The lowest BCUT2D eigenvalue weighted by Gasteiger charge is -2.19. The summed E-state index contributed by atoms with van der Waals surface area (Å²) in [5, 5.41) is 2.83. The smallest absolute Gasteiger partial charge is 0.328 e.